The smallest absolute Gasteiger partial charge is 0.224 e. The Hall–Kier alpha value is -1.75. The first kappa shape index (κ1) is 16.6. The fraction of sp³-hybridized carbons (Fsp3) is 0.588. The van der Waals surface area contributed by atoms with Gasteiger partial charge in [-0.15, -0.1) is 0 Å². The van der Waals surface area contributed by atoms with Gasteiger partial charge in [0, 0.05) is 12.5 Å². The zero-order valence-corrected chi connectivity index (χ0v) is 13.6. The van der Waals surface area contributed by atoms with Gasteiger partial charge in [0.05, 0.1) is 19.9 Å². The van der Waals surface area contributed by atoms with Crippen molar-refractivity contribution in [2.75, 3.05) is 32.6 Å². The Labute approximate surface area is 132 Å². The van der Waals surface area contributed by atoms with E-state index in [-0.39, 0.29) is 5.91 Å². The molecule has 2 N–H and O–H groups in total. The first-order valence-corrected chi connectivity index (χ1v) is 7.86. The zero-order valence-electron chi connectivity index (χ0n) is 13.6. The van der Waals surface area contributed by atoms with Crippen molar-refractivity contribution in [1.82, 2.24) is 5.32 Å². The van der Waals surface area contributed by atoms with E-state index >= 15 is 0 Å². The highest BCUT2D eigenvalue weighted by molar-refractivity contribution is 5.92. The molecule has 1 aromatic carbocycles. The highest BCUT2D eigenvalue weighted by atomic mass is 16.5. The van der Waals surface area contributed by atoms with Gasteiger partial charge in [-0.05, 0) is 49.9 Å². The molecule has 0 unspecified atom stereocenters. The van der Waals surface area contributed by atoms with Crippen LogP contribution in [-0.4, -0.2) is 33.2 Å². The Morgan fingerprint density at radius 1 is 1.41 bits per heavy atom. The molecule has 0 radical (unpaired) electrons. The number of carbonyl (C=O) groups is 1. The minimum absolute atomic E-state index is 0.0182. The molecule has 1 aromatic rings. The normalized spacial score (nSPS) is 19.3. The van der Waals surface area contributed by atoms with Crippen LogP contribution in [0, 0.1) is 11.8 Å². The van der Waals surface area contributed by atoms with Crippen LogP contribution >= 0.6 is 0 Å². The third-order valence-corrected chi connectivity index (χ3v) is 4.33. The van der Waals surface area contributed by atoms with Crippen LogP contribution in [0.1, 0.15) is 26.2 Å². The molecule has 0 aromatic heterocycles. The molecule has 1 heterocycles. The summed E-state index contributed by atoms with van der Waals surface area (Å²) in [5.74, 6) is 2.29. The summed E-state index contributed by atoms with van der Waals surface area (Å²) in [5, 5.41) is 6.35. The SMILES string of the molecule is COc1ccc(OC)c(NC(=O)C[C@H](C)[C@@H]2CCCNC2)c1. The maximum atomic E-state index is 12.3. The molecule has 1 amide bonds. The summed E-state index contributed by atoms with van der Waals surface area (Å²) in [5.41, 5.74) is 0.654. The van der Waals surface area contributed by atoms with Crippen LogP contribution in [-0.2, 0) is 4.79 Å². The number of ether oxygens (including phenoxy) is 2. The standard InChI is InChI=1S/C17H26N2O3/c1-12(13-5-4-8-18-11-13)9-17(20)19-15-10-14(21-2)6-7-16(15)22-3/h6-7,10,12-13,18H,4-5,8-9,11H2,1-3H3,(H,19,20)/t12-,13+/m0/s1. The number of anilines is 1. The molecule has 2 atom stereocenters. The van der Waals surface area contributed by atoms with Crippen LogP contribution in [0.2, 0.25) is 0 Å². The average molecular weight is 306 g/mol. The molecule has 1 fully saturated rings. The molecular weight excluding hydrogens is 280 g/mol. The molecule has 0 bridgehead atoms. The van der Waals surface area contributed by atoms with E-state index in [2.05, 4.69) is 17.6 Å². The van der Waals surface area contributed by atoms with Crippen molar-refractivity contribution in [3.8, 4) is 11.5 Å². The third kappa shape index (κ3) is 4.37. The molecule has 5 heteroatoms. The van der Waals surface area contributed by atoms with Gasteiger partial charge in [0.1, 0.15) is 11.5 Å². The second kappa shape index (κ2) is 8.03. The summed E-state index contributed by atoms with van der Waals surface area (Å²) in [4.78, 5) is 12.3. The van der Waals surface area contributed by atoms with Gasteiger partial charge in [0.2, 0.25) is 5.91 Å². The predicted octanol–water partition coefficient (Wildman–Crippen LogP) is 2.67. The topological polar surface area (TPSA) is 59.6 Å². The lowest BCUT2D eigenvalue weighted by molar-refractivity contribution is -0.117. The minimum atomic E-state index is 0.0182. The van der Waals surface area contributed by atoms with E-state index in [1.165, 1.54) is 12.8 Å². The van der Waals surface area contributed by atoms with Gasteiger partial charge in [0.15, 0.2) is 0 Å². The van der Waals surface area contributed by atoms with Gasteiger partial charge >= 0.3 is 0 Å². The van der Waals surface area contributed by atoms with Crippen LogP contribution < -0.4 is 20.1 Å². The molecule has 122 valence electrons. The first-order chi connectivity index (χ1) is 10.6. The van der Waals surface area contributed by atoms with Crippen molar-refractivity contribution in [2.45, 2.75) is 26.2 Å². The van der Waals surface area contributed by atoms with Crippen LogP contribution in [0.15, 0.2) is 18.2 Å². The Bertz CT molecular complexity index is 499. The second-order valence-electron chi connectivity index (χ2n) is 5.90. The van der Waals surface area contributed by atoms with Gasteiger partial charge in [0.25, 0.3) is 0 Å². The lowest BCUT2D eigenvalue weighted by atomic mass is 9.85. The van der Waals surface area contributed by atoms with E-state index in [0.29, 0.717) is 35.4 Å². The van der Waals surface area contributed by atoms with E-state index in [0.717, 1.165) is 13.1 Å². The van der Waals surface area contributed by atoms with Crippen molar-refractivity contribution in [2.24, 2.45) is 11.8 Å². The van der Waals surface area contributed by atoms with Crippen LogP contribution in [0.3, 0.4) is 0 Å². The molecule has 1 saturated heterocycles. The van der Waals surface area contributed by atoms with Crippen molar-refractivity contribution < 1.29 is 14.3 Å². The highest BCUT2D eigenvalue weighted by Crippen LogP contribution is 2.30. The lowest BCUT2D eigenvalue weighted by Crippen LogP contribution is -2.34. The molecule has 1 aliphatic rings. The number of hydrogen-bond acceptors (Lipinski definition) is 4. The Morgan fingerprint density at radius 3 is 2.86 bits per heavy atom. The number of rotatable bonds is 6. The Morgan fingerprint density at radius 2 is 2.23 bits per heavy atom. The number of carbonyl (C=O) groups excluding carboxylic acids is 1. The zero-order chi connectivity index (χ0) is 15.9. The quantitative estimate of drug-likeness (QED) is 0.848. The van der Waals surface area contributed by atoms with Crippen molar-refractivity contribution in [3.63, 3.8) is 0 Å². The van der Waals surface area contributed by atoms with Gasteiger partial charge in [-0.3, -0.25) is 4.79 Å². The van der Waals surface area contributed by atoms with E-state index in [1.807, 2.05) is 6.07 Å². The number of methoxy groups -OCH3 is 2. The number of benzene rings is 1. The summed E-state index contributed by atoms with van der Waals surface area (Å²) < 4.78 is 10.5. The summed E-state index contributed by atoms with van der Waals surface area (Å²) in [6.07, 6.45) is 2.91. The highest BCUT2D eigenvalue weighted by Gasteiger charge is 2.22. The van der Waals surface area contributed by atoms with Crippen LogP contribution in [0.4, 0.5) is 5.69 Å². The summed E-state index contributed by atoms with van der Waals surface area (Å²) in [6.45, 7) is 4.26. The molecule has 0 saturated carbocycles. The summed E-state index contributed by atoms with van der Waals surface area (Å²) >= 11 is 0. The van der Waals surface area contributed by atoms with Gasteiger partial charge in [-0.1, -0.05) is 6.92 Å². The van der Waals surface area contributed by atoms with Crippen molar-refractivity contribution in [1.29, 1.82) is 0 Å². The first-order valence-electron chi connectivity index (χ1n) is 7.86. The maximum Gasteiger partial charge on any atom is 0.224 e. The predicted molar refractivity (Wildman–Crippen MR) is 87.6 cm³/mol. The van der Waals surface area contributed by atoms with Crippen molar-refractivity contribution >= 4 is 11.6 Å². The molecule has 0 spiro atoms. The molecular formula is C17H26N2O3. The molecule has 5 nitrogen and oxygen atoms in total. The van der Waals surface area contributed by atoms with Gasteiger partial charge < -0.3 is 20.1 Å². The van der Waals surface area contributed by atoms with Gasteiger partial charge in [-0.25, -0.2) is 0 Å². The van der Waals surface area contributed by atoms with E-state index in [9.17, 15) is 4.79 Å². The van der Waals surface area contributed by atoms with Crippen LogP contribution in [0.5, 0.6) is 11.5 Å². The van der Waals surface area contributed by atoms with Crippen LogP contribution in [0.25, 0.3) is 0 Å². The molecule has 2 rings (SSSR count). The maximum absolute atomic E-state index is 12.3. The van der Waals surface area contributed by atoms with E-state index in [4.69, 9.17) is 9.47 Å². The van der Waals surface area contributed by atoms with E-state index < -0.39 is 0 Å². The fourth-order valence-electron chi connectivity index (χ4n) is 2.94. The Kier molecular flexibility index (Phi) is 6.07. The molecule has 22 heavy (non-hydrogen) atoms. The fourth-order valence-corrected chi connectivity index (χ4v) is 2.94. The van der Waals surface area contributed by atoms with Gasteiger partial charge in [-0.2, -0.15) is 0 Å². The molecule has 0 aliphatic carbocycles. The summed E-state index contributed by atoms with van der Waals surface area (Å²) in [6, 6.07) is 5.39. The number of piperidine rings is 1. The minimum Gasteiger partial charge on any atom is -0.497 e. The monoisotopic (exact) mass is 306 g/mol. The number of amides is 1. The largest absolute Gasteiger partial charge is 0.497 e. The Balaban J connectivity index is 1.96. The molecule has 1 aliphatic heterocycles. The lowest BCUT2D eigenvalue weighted by Gasteiger charge is -2.28. The third-order valence-electron chi connectivity index (χ3n) is 4.33. The summed E-state index contributed by atoms with van der Waals surface area (Å²) in [7, 11) is 3.19. The van der Waals surface area contributed by atoms with E-state index in [1.54, 1.807) is 26.4 Å². The van der Waals surface area contributed by atoms with Crippen molar-refractivity contribution in [3.05, 3.63) is 18.2 Å². The second-order valence-corrected chi connectivity index (χ2v) is 5.90. The number of nitrogens with one attached hydrogen (secondary N) is 2. The number of hydrogen-bond donors (Lipinski definition) is 2. The average Bonchev–Trinajstić information content (AvgIpc) is 2.55.